The number of anilines is 3. The Labute approximate surface area is 151 Å². The minimum atomic E-state index is -0.756. The van der Waals surface area contributed by atoms with Crippen LogP contribution in [0.25, 0.3) is 0 Å². The molecule has 4 N–H and O–H groups in total. The summed E-state index contributed by atoms with van der Waals surface area (Å²) in [5, 5.41) is 21.6. The molecule has 2 rings (SSSR count). The van der Waals surface area contributed by atoms with Crippen molar-refractivity contribution in [2.24, 2.45) is 0 Å². The molecule has 0 heterocycles. The molecule has 0 atom stereocenters. The third-order valence-corrected chi connectivity index (χ3v) is 3.60. The number of nitriles is 1. The lowest BCUT2D eigenvalue weighted by Crippen LogP contribution is -2.36. The predicted octanol–water partition coefficient (Wildman–Crippen LogP) is 2.68. The van der Waals surface area contributed by atoms with Crippen molar-refractivity contribution >= 4 is 28.9 Å². The maximum absolute atomic E-state index is 12.7. The summed E-state index contributed by atoms with van der Waals surface area (Å²) >= 11 is 0. The van der Waals surface area contributed by atoms with Crippen LogP contribution in [0.3, 0.4) is 0 Å². The largest absolute Gasteiger partial charge is 0.508 e. The predicted molar refractivity (Wildman–Crippen MR) is 99.2 cm³/mol. The third-order valence-electron chi connectivity index (χ3n) is 3.60. The van der Waals surface area contributed by atoms with Crippen LogP contribution in [0, 0.1) is 18.3 Å². The molecular weight excluding hydrogens is 332 g/mol. The first-order chi connectivity index (χ1) is 12.3. The molecule has 0 aliphatic rings. The molecule has 0 saturated carbocycles. The van der Waals surface area contributed by atoms with Crippen LogP contribution in [-0.4, -0.2) is 16.9 Å². The molecule has 2 aromatic carbocycles. The van der Waals surface area contributed by atoms with Gasteiger partial charge in [0.1, 0.15) is 17.4 Å². The zero-order chi connectivity index (χ0) is 19.3. The van der Waals surface area contributed by atoms with Crippen molar-refractivity contribution in [3.05, 3.63) is 59.8 Å². The van der Waals surface area contributed by atoms with E-state index in [4.69, 9.17) is 5.73 Å². The van der Waals surface area contributed by atoms with Crippen molar-refractivity contribution in [1.82, 2.24) is 0 Å². The molecule has 7 heteroatoms. The molecule has 0 radical (unpaired) electrons. The van der Waals surface area contributed by atoms with Gasteiger partial charge in [0.25, 0.3) is 5.91 Å². The number of imide groups is 1. The van der Waals surface area contributed by atoms with Gasteiger partial charge in [-0.3, -0.25) is 9.59 Å². The van der Waals surface area contributed by atoms with Crippen LogP contribution in [0.4, 0.5) is 17.1 Å². The summed E-state index contributed by atoms with van der Waals surface area (Å²) in [4.78, 5) is 25.5. The van der Waals surface area contributed by atoms with Crippen LogP contribution in [0.2, 0.25) is 0 Å². The molecule has 0 saturated heterocycles. The Morgan fingerprint density at radius 3 is 2.42 bits per heavy atom. The number of rotatable bonds is 4. The van der Waals surface area contributed by atoms with Crippen LogP contribution in [0.5, 0.6) is 5.75 Å². The van der Waals surface area contributed by atoms with Crippen LogP contribution in [0.1, 0.15) is 12.5 Å². The number of carbonyl (C=O) groups excluding carboxylic acids is 2. The fraction of sp³-hybridized carbons (Fsp3) is 0.105. The number of phenols is 1. The summed E-state index contributed by atoms with van der Waals surface area (Å²) in [5.74, 6) is -1.17. The number of carbonyl (C=O) groups is 2. The molecule has 132 valence electrons. The molecule has 0 aliphatic heterocycles. The highest BCUT2D eigenvalue weighted by Crippen LogP contribution is 2.22. The Bertz CT molecular complexity index is 911. The van der Waals surface area contributed by atoms with E-state index in [1.807, 2.05) is 0 Å². The zero-order valence-corrected chi connectivity index (χ0v) is 14.4. The maximum atomic E-state index is 12.7. The first-order valence-electron chi connectivity index (χ1n) is 7.70. The Morgan fingerprint density at radius 1 is 1.23 bits per heavy atom. The maximum Gasteiger partial charge on any atom is 0.277 e. The van der Waals surface area contributed by atoms with E-state index in [0.29, 0.717) is 17.1 Å². The van der Waals surface area contributed by atoms with Gasteiger partial charge in [0.15, 0.2) is 0 Å². The molecule has 26 heavy (non-hydrogen) atoms. The molecule has 7 nitrogen and oxygen atoms in total. The lowest BCUT2D eigenvalue weighted by atomic mass is 10.2. The molecule has 0 aliphatic carbocycles. The van der Waals surface area contributed by atoms with Gasteiger partial charge in [-0.25, -0.2) is 4.90 Å². The Balaban J connectivity index is 2.31. The summed E-state index contributed by atoms with van der Waals surface area (Å²) in [6.07, 6.45) is 1.23. The fourth-order valence-electron chi connectivity index (χ4n) is 2.29. The van der Waals surface area contributed by atoms with Crippen LogP contribution >= 0.6 is 0 Å². The summed E-state index contributed by atoms with van der Waals surface area (Å²) in [6.45, 7) is 3.00. The van der Waals surface area contributed by atoms with Crippen molar-refractivity contribution in [1.29, 1.82) is 5.26 Å². The molecule has 0 aromatic heterocycles. The average molecular weight is 350 g/mol. The van der Waals surface area contributed by atoms with E-state index in [1.165, 1.54) is 31.3 Å². The second-order valence-electron chi connectivity index (χ2n) is 5.56. The molecule has 0 spiro atoms. The fourth-order valence-corrected chi connectivity index (χ4v) is 2.29. The van der Waals surface area contributed by atoms with Gasteiger partial charge in [0, 0.05) is 24.5 Å². The number of benzene rings is 2. The van der Waals surface area contributed by atoms with Crippen LogP contribution in [0.15, 0.2) is 54.2 Å². The Hall–Kier alpha value is -3.79. The lowest BCUT2D eigenvalue weighted by Gasteiger charge is -2.19. The first-order valence-corrected chi connectivity index (χ1v) is 7.70. The minimum Gasteiger partial charge on any atom is -0.508 e. The van der Waals surface area contributed by atoms with Gasteiger partial charge in [-0.2, -0.15) is 5.26 Å². The van der Waals surface area contributed by atoms with Gasteiger partial charge in [-0.05, 0) is 55.0 Å². The normalized spacial score (nSPS) is 10.7. The van der Waals surface area contributed by atoms with E-state index >= 15 is 0 Å². The number of nitrogens with zero attached hydrogens (tertiary/aromatic N) is 2. The number of hydrogen-bond acceptors (Lipinski definition) is 6. The minimum absolute atomic E-state index is 0.111. The van der Waals surface area contributed by atoms with Crippen molar-refractivity contribution in [2.75, 3.05) is 16.0 Å². The summed E-state index contributed by atoms with van der Waals surface area (Å²) in [6, 6.07) is 12.6. The number of aryl methyl sites for hydroxylation is 1. The van der Waals surface area contributed by atoms with Crippen LogP contribution < -0.4 is 16.0 Å². The van der Waals surface area contributed by atoms with Crippen LogP contribution in [-0.2, 0) is 9.59 Å². The van der Waals surface area contributed by atoms with Crippen molar-refractivity contribution in [3.8, 4) is 11.8 Å². The number of nitrogen functional groups attached to an aromatic ring is 1. The average Bonchev–Trinajstić information content (AvgIpc) is 2.58. The molecule has 0 fully saturated rings. The van der Waals surface area contributed by atoms with E-state index in [0.717, 1.165) is 10.5 Å². The second-order valence-corrected chi connectivity index (χ2v) is 5.56. The molecule has 0 bridgehead atoms. The SMILES string of the molecule is CC(=O)N(C(=O)/C(C#N)=C\Nc1ccc(O)cc1C)c1ccc(N)cc1. The number of hydrogen-bond donors (Lipinski definition) is 3. The third kappa shape index (κ3) is 4.19. The quantitative estimate of drug-likeness (QED) is 0.337. The Morgan fingerprint density at radius 2 is 1.88 bits per heavy atom. The smallest absolute Gasteiger partial charge is 0.277 e. The number of nitrogens with two attached hydrogens (primary N) is 1. The second kappa shape index (κ2) is 7.85. The standard InChI is InChI=1S/C19H18N4O3/c1-12-9-17(25)7-8-18(12)22-11-14(10-20)19(26)23(13(2)24)16-5-3-15(21)4-6-16/h3-9,11,22,25H,21H2,1-2H3/b14-11-. The molecule has 2 aromatic rings. The van der Waals surface area contributed by atoms with Crippen molar-refractivity contribution < 1.29 is 14.7 Å². The highest BCUT2D eigenvalue weighted by molar-refractivity contribution is 6.21. The summed E-state index contributed by atoms with van der Waals surface area (Å²) in [5.41, 5.74) is 7.53. The highest BCUT2D eigenvalue weighted by Gasteiger charge is 2.24. The number of phenolic OH excluding ortho intramolecular Hbond substituents is 1. The Kier molecular flexibility index (Phi) is 5.60. The lowest BCUT2D eigenvalue weighted by molar-refractivity contribution is -0.123. The number of nitrogens with one attached hydrogen (secondary N) is 1. The molecule has 0 unspecified atom stereocenters. The van der Waals surface area contributed by atoms with Gasteiger partial charge < -0.3 is 16.2 Å². The van der Waals surface area contributed by atoms with Gasteiger partial charge >= 0.3 is 0 Å². The van der Waals surface area contributed by atoms with Gasteiger partial charge in [-0.1, -0.05) is 0 Å². The van der Waals surface area contributed by atoms with E-state index in [1.54, 1.807) is 37.3 Å². The van der Waals surface area contributed by atoms with Gasteiger partial charge in [0.05, 0.1) is 5.69 Å². The molecule has 2 amide bonds. The van der Waals surface area contributed by atoms with Crippen molar-refractivity contribution in [2.45, 2.75) is 13.8 Å². The summed E-state index contributed by atoms with van der Waals surface area (Å²) in [7, 11) is 0. The van der Waals surface area contributed by atoms with Crippen molar-refractivity contribution in [3.63, 3.8) is 0 Å². The first kappa shape index (κ1) is 18.5. The topological polar surface area (TPSA) is 119 Å². The molecular formula is C19H18N4O3. The highest BCUT2D eigenvalue weighted by atomic mass is 16.3. The summed E-state index contributed by atoms with van der Waals surface area (Å²) < 4.78 is 0. The monoisotopic (exact) mass is 350 g/mol. The number of aromatic hydroxyl groups is 1. The zero-order valence-electron chi connectivity index (χ0n) is 14.4. The van der Waals surface area contributed by atoms with Gasteiger partial charge in [0.2, 0.25) is 5.91 Å². The van der Waals surface area contributed by atoms with E-state index in [-0.39, 0.29) is 11.3 Å². The van der Waals surface area contributed by atoms with E-state index in [9.17, 15) is 20.0 Å². The van der Waals surface area contributed by atoms with E-state index in [2.05, 4.69) is 5.32 Å². The van der Waals surface area contributed by atoms with Gasteiger partial charge in [-0.15, -0.1) is 0 Å². The number of amides is 2. The van der Waals surface area contributed by atoms with E-state index < -0.39 is 11.8 Å².